The highest BCUT2D eigenvalue weighted by atomic mass is 32.2. The quantitative estimate of drug-likeness (QED) is 0.727. The number of rotatable bonds is 5. The maximum atomic E-state index is 12.5. The smallest absolute Gasteiger partial charge is 0.257 e. The van der Waals surface area contributed by atoms with Crippen LogP contribution in [0.3, 0.4) is 0 Å². The molecule has 0 unspecified atom stereocenters. The lowest BCUT2D eigenvalue weighted by Crippen LogP contribution is -2.14. The van der Waals surface area contributed by atoms with E-state index >= 15 is 0 Å². The van der Waals surface area contributed by atoms with E-state index in [1.54, 1.807) is 13.0 Å². The van der Waals surface area contributed by atoms with E-state index in [1.165, 1.54) is 23.5 Å². The molecular formula is C18H17N3O3S2. The SMILES string of the molecule is Cc1ccc(S(C)(=O)=O)cc1C(=O)Nc1nnc(Cc2ccccc2)s1. The van der Waals surface area contributed by atoms with Crippen molar-refractivity contribution in [3.8, 4) is 0 Å². The first-order chi connectivity index (χ1) is 12.3. The van der Waals surface area contributed by atoms with E-state index < -0.39 is 15.7 Å². The van der Waals surface area contributed by atoms with Gasteiger partial charge in [0.2, 0.25) is 5.13 Å². The predicted octanol–water partition coefficient (Wildman–Crippen LogP) is 3.09. The molecule has 0 aliphatic heterocycles. The minimum absolute atomic E-state index is 0.107. The molecule has 1 aromatic heterocycles. The Bertz CT molecular complexity index is 1040. The van der Waals surface area contributed by atoms with Crippen LogP contribution in [0.1, 0.15) is 26.5 Å². The van der Waals surface area contributed by atoms with Crippen LogP contribution in [0.15, 0.2) is 53.4 Å². The maximum absolute atomic E-state index is 12.5. The fourth-order valence-electron chi connectivity index (χ4n) is 2.39. The van der Waals surface area contributed by atoms with E-state index in [0.29, 0.717) is 22.7 Å². The summed E-state index contributed by atoms with van der Waals surface area (Å²) in [7, 11) is -3.38. The monoisotopic (exact) mass is 387 g/mol. The first kappa shape index (κ1) is 18.2. The molecule has 0 radical (unpaired) electrons. The van der Waals surface area contributed by atoms with Crippen molar-refractivity contribution in [2.24, 2.45) is 0 Å². The molecule has 1 heterocycles. The van der Waals surface area contributed by atoms with Crippen LogP contribution < -0.4 is 5.32 Å². The molecule has 0 fully saturated rings. The third-order valence-electron chi connectivity index (χ3n) is 3.77. The summed E-state index contributed by atoms with van der Waals surface area (Å²) in [6.45, 7) is 1.75. The average molecular weight is 387 g/mol. The molecule has 134 valence electrons. The molecule has 0 spiro atoms. The van der Waals surface area contributed by atoms with Crippen molar-refractivity contribution >= 4 is 32.2 Å². The maximum Gasteiger partial charge on any atom is 0.257 e. The van der Waals surface area contributed by atoms with Gasteiger partial charge in [-0.1, -0.05) is 47.7 Å². The van der Waals surface area contributed by atoms with Crippen molar-refractivity contribution in [2.75, 3.05) is 11.6 Å². The highest BCUT2D eigenvalue weighted by Gasteiger charge is 2.16. The second-order valence-electron chi connectivity index (χ2n) is 5.87. The van der Waals surface area contributed by atoms with Gasteiger partial charge >= 0.3 is 0 Å². The van der Waals surface area contributed by atoms with Crippen molar-refractivity contribution in [3.05, 3.63) is 70.2 Å². The summed E-state index contributed by atoms with van der Waals surface area (Å²) in [5, 5.41) is 12.0. The highest BCUT2D eigenvalue weighted by molar-refractivity contribution is 7.90. The van der Waals surface area contributed by atoms with Crippen LogP contribution in [0.2, 0.25) is 0 Å². The molecule has 0 bridgehead atoms. The number of carbonyl (C=O) groups excluding carboxylic acids is 1. The molecule has 0 saturated carbocycles. The van der Waals surface area contributed by atoms with Gasteiger partial charge in [-0.2, -0.15) is 0 Å². The van der Waals surface area contributed by atoms with Crippen LogP contribution in [0.5, 0.6) is 0 Å². The molecule has 0 aliphatic carbocycles. The average Bonchev–Trinajstić information content (AvgIpc) is 3.02. The van der Waals surface area contributed by atoms with Crippen LogP contribution in [0.4, 0.5) is 5.13 Å². The first-order valence-electron chi connectivity index (χ1n) is 7.81. The lowest BCUT2D eigenvalue weighted by atomic mass is 10.1. The van der Waals surface area contributed by atoms with Gasteiger partial charge in [-0.25, -0.2) is 8.42 Å². The van der Waals surface area contributed by atoms with Crippen LogP contribution in [-0.4, -0.2) is 30.8 Å². The van der Waals surface area contributed by atoms with E-state index in [0.717, 1.165) is 16.8 Å². The van der Waals surface area contributed by atoms with Crippen LogP contribution in [-0.2, 0) is 16.3 Å². The largest absolute Gasteiger partial charge is 0.296 e. The number of hydrogen-bond acceptors (Lipinski definition) is 6. The van der Waals surface area contributed by atoms with E-state index in [4.69, 9.17) is 0 Å². The summed E-state index contributed by atoms with van der Waals surface area (Å²) in [4.78, 5) is 12.6. The highest BCUT2D eigenvalue weighted by Crippen LogP contribution is 2.21. The number of sulfone groups is 1. The van der Waals surface area contributed by atoms with Gasteiger partial charge in [0.15, 0.2) is 9.84 Å². The van der Waals surface area contributed by atoms with Gasteiger partial charge < -0.3 is 0 Å². The van der Waals surface area contributed by atoms with E-state index in [9.17, 15) is 13.2 Å². The Hall–Kier alpha value is -2.58. The van der Waals surface area contributed by atoms with Gasteiger partial charge in [-0.15, -0.1) is 10.2 Å². The first-order valence-corrected chi connectivity index (χ1v) is 10.5. The standard InChI is InChI=1S/C18H17N3O3S2/c1-12-8-9-14(26(2,23)24)11-15(12)17(22)19-18-21-20-16(25-18)10-13-6-4-3-5-7-13/h3-9,11H,10H2,1-2H3,(H,19,21,22). The third-order valence-corrected chi connectivity index (χ3v) is 5.72. The Morgan fingerprint density at radius 2 is 1.85 bits per heavy atom. The van der Waals surface area contributed by atoms with E-state index in [-0.39, 0.29) is 4.90 Å². The van der Waals surface area contributed by atoms with E-state index in [2.05, 4.69) is 15.5 Å². The van der Waals surface area contributed by atoms with Crippen molar-refractivity contribution in [1.29, 1.82) is 0 Å². The lowest BCUT2D eigenvalue weighted by molar-refractivity contribution is 0.102. The number of nitrogens with one attached hydrogen (secondary N) is 1. The Morgan fingerprint density at radius 3 is 2.54 bits per heavy atom. The fraction of sp³-hybridized carbons (Fsp3) is 0.167. The molecule has 3 aromatic rings. The van der Waals surface area contributed by atoms with Gasteiger partial charge in [0.1, 0.15) is 5.01 Å². The Kier molecular flexibility index (Phi) is 5.15. The van der Waals surface area contributed by atoms with Gasteiger partial charge in [0.05, 0.1) is 4.90 Å². The summed E-state index contributed by atoms with van der Waals surface area (Å²) >= 11 is 1.29. The number of aromatic nitrogens is 2. The molecule has 6 nitrogen and oxygen atoms in total. The zero-order valence-corrected chi connectivity index (χ0v) is 15.9. The normalized spacial score (nSPS) is 11.3. The Labute approximate surface area is 155 Å². The van der Waals surface area contributed by atoms with Crippen molar-refractivity contribution < 1.29 is 13.2 Å². The topological polar surface area (TPSA) is 89.0 Å². The summed E-state index contributed by atoms with van der Waals surface area (Å²) in [5.41, 5.74) is 2.09. The molecule has 8 heteroatoms. The summed E-state index contributed by atoms with van der Waals surface area (Å²) in [6.07, 6.45) is 1.75. The number of hydrogen-bond donors (Lipinski definition) is 1. The summed E-state index contributed by atoms with van der Waals surface area (Å²) < 4.78 is 23.4. The van der Waals surface area contributed by atoms with Crippen LogP contribution in [0, 0.1) is 6.92 Å². The number of benzene rings is 2. The summed E-state index contributed by atoms with van der Waals surface area (Å²) in [5.74, 6) is -0.407. The van der Waals surface area contributed by atoms with Gasteiger partial charge in [-0.05, 0) is 30.2 Å². The zero-order chi connectivity index (χ0) is 18.7. The molecular weight excluding hydrogens is 370 g/mol. The second kappa shape index (κ2) is 7.35. The predicted molar refractivity (Wildman–Crippen MR) is 101 cm³/mol. The molecule has 0 saturated heterocycles. The molecule has 3 rings (SSSR count). The fourth-order valence-corrected chi connectivity index (χ4v) is 3.80. The van der Waals surface area contributed by atoms with Gasteiger partial charge in [-0.3, -0.25) is 10.1 Å². The second-order valence-corrected chi connectivity index (χ2v) is 8.94. The van der Waals surface area contributed by atoms with Gasteiger partial charge in [0, 0.05) is 18.2 Å². The zero-order valence-electron chi connectivity index (χ0n) is 14.3. The van der Waals surface area contributed by atoms with Crippen LogP contribution >= 0.6 is 11.3 Å². The minimum atomic E-state index is -3.38. The minimum Gasteiger partial charge on any atom is -0.296 e. The van der Waals surface area contributed by atoms with Crippen LogP contribution in [0.25, 0.3) is 0 Å². The van der Waals surface area contributed by atoms with Crippen molar-refractivity contribution in [2.45, 2.75) is 18.2 Å². The number of amides is 1. The number of nitrogens with zero attached hydrogens (tertiary/aromatic N) is 2. The number of carbonyl (C=O) groups is 1. The van der Waals surface area contributed by atoms with Crippen molar-refractivity contribution in [1.82, 2.24) is 10.2 Å². The summed E-state index contributed by atoms with van der Waals surface area (Å²) in [6, 6.07) is 14.3. The lowest BCUT2D eigenvalue weighted by Gasteiger charge is -2.07. The molecule has 0 aliphatic rings. The molecule has 2 aromatic carbocycles. The Balaban J connectivity index is 1.77. The molecule has 1 N–H and O–H groups in total. The number of aryl methyl sites for hydroxylation is 1. The molecule has 1 amide bonds. The third kappa shape index (κ3) is 4.33. The van der Waals surface area contributed by atoms with Gasteiger partial charge in [0.25, 0.3) is 5.91 Å². The Morgan fingerprint density at radius 1 is 1.12 bits per heavy atom. The van der Waals surface area contributed by atoms with E-state index in [1.807, 2.05) is 30.3 Å². The number of anilines is 1. The molecule has 0 atom stereocenters. The molecule has 26 heavy (non-hydrogen) atoms. The van der Waals surface area contributed by atoms with Crippen molar-refractivity contribution in [3.63, 3.8) is 0 Å².